The van der Waals surface area contributed by atoms with Crippen LogP contribution < -0.4 is 4.72 Å². The topological polar surface area (TPSA) is 90.2 Å². The fraction of sp³-hybridized carbons (Fsp3) is 0. The van der Waals surface area contributed by atoms with Gasteiger partial charge in [-0.25, -0.2) is 8.42 Å². The monoisotopic (exact) mass is 274 g/mol. The molecule has 2 aromatic carbocycles. The summed E-state index contributed by atoms with van der Waals surface area (Å²) in [5, 5.41) is 18.2. The van der Waals surface area contributed by atoms with Crippen molar-refractivity contribution < 1.29 is 13.5 Å². The summed E-state index contributed by atoms with van der Waals surface area (Å²) in [5.41, 5.74) is 0.757. The number of benzene rings is 2. The first kappa shape index (κ1) is 12.9. The molecule has 0 aromatic heterocycles. The number of para-hydroxylation sites is 1. The van der Waals surface area contributed by atoms with Crippen LogP contribution in [0.25, 0.3) is 0 Å². The predicted molar refractivity (Wildman–Crippen MR) is 70.1 cm³/mol. The second kappa shape index (κ2) is 5.00. The summed E-state index contributed by atoms with van der Waals surface area (Å²) in [4.78, 5) is -0.195. The Kier molecular flexibility index (Phi) is 3.40. The normalized spacial score (nSPS) is 10.7. The van der Waals surface area contributed by atoms with E-state index in [2.05, 4.69) is 4.72 Å². The Morgan fingerprint density at radius 1 is 1.05 bits per heavy atom. The molecule has 0 fully saturated rings. The average molecular weight is 274 g/mol. The van der Waals surface area contributed by atoms with Crippen molar-refractivity contribution in [1.82, 2.24) is 0 Å². The van der Waals surface area contributed by atoms with E-state index in [1.54, 1.807) is 0 Å². The fourth-order valence-corrected chi connectivity index (χ4v) is 2.66. The molecule has 0 aliphatic heterocycles. The van der Waals surface area contributed by atoms with Crippen LogP contribution in [0.3, 0.4) is 0 Å². The number of hydrogen-bond acceptors (Lipinski definition) is 4. The van der Waals surface area contributed by atoms with E-state index in [0.717, 1.165) is 0 Å². The summed E-state index contributed by atoms with van der Waals surface area (Å²) in [6.07, 6.45) is 0. The lowest BCUT2D eigenvalue weighted by Gasteiger charge is -2.09. The van der Waals surface area contributed by atoms with Gasteiger partial charge in [-0.05, 0) is 36.4 Å². The molecule has 0 saturated heterocycles. The molecule has 0 aliphatic carbocycles. The largest absolute Gasteiger partial charge is 0.507 e. The summed E-state index contributed by atoms with van der Waals surface area (Å²) >= 11 is 0. The van der Waals surface area contributed by atoms with Crippen LogP contribution in [-0.2, 0) is 10.0 Å². The molecule has 2 rings (SSSR count). The smallest absolute Gasteiger partial charge is 0.265 e. The van der Waals surface area contributed by atoms with Gasteiger partial charge in [0.05, 0.1) is 11.6 Å². The number of nitriles is 1. The lowest BCUT2D eigenvalue weighted by molar-refractivity contribution is 0.459. The molecule has 0 spiro atoms. The van der Waals surface area contributed by atoms with Crippen molar-refractivity contribution in [3.8, 4) is 11.8 Å². The Hall–Kier alpha value is -2.52. The highest BCUT2D eigenvalue weighted by Crippen LogP contribution is 2.24. The van der Waals surface area contributed by atoms with Gasteiger partial charge in [-0.3, -0.25) is 4.72 Å². The molecule has 2 N–H and O–H groups in total. The minimum atomic E-state index is -3.85. The number of hydrogen-bond donors (Lipinski definition) is 2. The molecule has 0 radical (unpaired) electrons. The lowest BCUT2D eigenvalue weighted by atomic mass is 10.2. The highest BCUT2D eigenvalue weighted by atomic mass is 32.2. The van der Waals surface area contributed by atoms with Crippen molar-refractivity contribution in [3.05, 3.63) is 54.1 Å². The zero-order valence-electron chi connectivity index (χ0n) is 9.74. The average Bonchev–Trinajstić information content (AvgIpc) is 2.39. The molecule has 6 heteroatoms. The van der Waals surface area contributed by atoms with Crippen molar-refractivity contribution in [1.29, 1.82) is 5.26 Å². The first-order valence-corrected chi connectivity index (χ1v) is 6.82. The van der Waals surface area contributed by atoms with Crippen LogP contribution >= 0.6 is 0 Å². The lowest BCUT2D eigenvalue weighted by Crippen LogP contribution is -2.12. The number of anilines is 1. The van der Waals surface area contributed by atoms with Crippen LogP contribution in [0.1, 0.15) is 5.56 Å². The minimum absolute atomic E-state index is 0.195. The van der Waals surface area contributed by atoms with E-state index in [1.165, 1.54) is 48.5 Å². The summed E-state index contributed by atoms with van der Waals surface area (Å²) < 4.78 is 26.4. The molecular weight excluding hydrogens is 264 g/mol. The fourth-order valence-electron chi connectivity index (χ4n) is 1.51. The molecule has 0 unspecified atom stereocenters. The molecule has 96 valence electrons. The van der Waals surface area contributed by atoms with Crippen LogP contribution in [0.15, 0.2) is 53.4 Å². The van der Waals surface area contributed by atoms with E-state index in [9.17, 15) is 13.5 Å². The van der Waals surface area contributed by atoms with Crippen LogP contribution in [0.4, 0.5) is 5.69 Å². The van der Waals surface area contributed by atoms with E-state index in [1.807, 2.05) is 6.07 Å². The summed E-state index contributed by atoms with van der Waals surface area (Å²) in [6.45, 7) is 0. The van der Waals surface area contributed by atoms with Gasteiger partial charge in [0.25, 0.3) is 10.0 Å². The van der Waals surface area contributed by atoms with Crippen molar-refractivity contribution >= 4 is 15.7 Å². The van der Waals surface area contributed by atoms with E-state index < -0.39 is 10.0 Å². The Balaban J connectivity index is 2.32. The van der Waals surface area contributed by atoms with Crippen molar-refractivity contribution in [2.24, 2.45) is 0 Å². The molecule has 0 bridgehead atoms. The molecule has 19 heavy (non-hydrogen) atoms. The molecule has 0 saturated carbocycles. The van der Waals surface area contributed by atoms with Gasteiger partial charge in [0, 0.05) is 5.69 Å². The third-order valence-corrected chi connectivity index (χ3v) is 3.85. The van der Waals surface area contributed by atoms with Gasteiger partial charge in [-0.1, -0.05) is 12.1 Å². The third kappa shape index (κ3) is 2.84. The summed E-state index contributed by atoms with van der Waals surface area (Å²) in [5.74, 6) is -0.316. The maximum Gasteiger partial charge on any atom is 0.265 e. The molecule has 2 aromatic rings. The Labute approximate surface area is 110 Å². The SMILES string of the molecule is N#Cc1ccc(NS(=O)(=O)c2ccccc2O)cc1. The second-order valence-electron chi connectivity index (χ2n) is 3.76. The van der Waals surface area contributed by atoms with Crippen LogP contribution in [0, 0.1) is 11.3 Å². The van der Waals surface area contributed by atoms with Crippen LogP contribution in [0.2, 0.25) is 0 Å². The van der Waals surface area contributed by atoms with Gasteiger partial charge in [-0.15, -0.1) is 0 Å². The molecule has 5 nitrogen and oxygen atoms in total. The summed E-state index contributed by atoms with van der Waals surface area (Å²) in [7, 11) is -3.85. The molecular formula is C13H10N2O3S. The number of nitrogens with zero attached hydrogens (tertiary/aromatic N) is 1. The number of aromatic hydroxyl groups is 1. The highest BCUT2D eigenvalue weighted by Gasteiger charge is 2.17. The van der Waals surface area contributed by atoms with Crippen molar-refractivity contribution in [2.45, 2.75) is 4.90 Å². The molecule has 0 heterocycles. The van der Waals surface area contributed by atoms with E-state index in [0.29, 0.717) is 11.3 Å². The van der Waals surface area contributed by atoms with Gasteiger partial charge in [0.2, 0.25) is 0 Å². The van der Waals surface area contributed by atoms with Crippen molar-refractivity contribution in [3.63, 3.8) is 0 Å². The number of nitrogens with one attached hydrogen (secondary N) is 1. The van der Waals surface area contributed by atoms with Crippen LogP contribution in [-0.4, -0.2) is 13.5 Å². The highest BCUT2D eigenvalue weighted by molar-refractivity contribution is 7.92. The van der Waals surface area contributed by atoms with Gasteiger partial charge in [-0.2, -0.15) is 5.26 Å². The van der Waals surface area contributed by atoms with E-state index in [4.69, 9.17) is 5.26 Å². The Morgan fingerprint density at radius 3 is 2.26 bits per heavy atom. The Morgan fingerprint density at radius 2 is 1.68 bits per heavy atom. The third-order valence-electron chi connectivity index (χ3n) is 2.42. The minimum Gasteiger partial charge on any atom is -0.507 e. The molecule has 0 atom stereocenters. The zero-order chi connectivity index (χ0) is 13.9. The van der Waals surface area contributed by atoms with Gasteiger partial charge < -0.3 is 5.11 Å². The van der Waals surface area contributed by atoms with Gasteiger partial charge in [0.15, 0.2) is 0 Å². The first-order valence-electron chi connectivity index (χ1n) is 5.34. The number of phenolic OH excluding ortho intramolecular Hbond substituents is 1. The standard InChI is InChI=1S/C13H10N2O3S/c14-9-10-5-7-11(8-6-10)15-19(17,18)13-4-2-1-3-12(13)16/h1-8,15-16H. The zero-order valence-corrected chi connectivity index (χ0v) is 10.6. The number of phenols is 1. The maximum atomic E-state index is 12.0. The second-order valence-corrected chi connectivity index (χ2v) is 5.41. The molecule has 0 amide bonds. The van der Waals surface area contributed by atoms with Gasteiger partial charge in [0.1, 0.15) is 10.6 Å². The van der Waals surface area contributed by atoms with E-state index >= 15 is 0 Å². The number of sulfonamides is 1. The number of rotatable bonds is 3. The van der Waals surface area contributed by atoms with Crippen molar-refractivity contribution in [2.75, 3.05) is 4.72 Å². The van der Waals surface area contributed by atoms with Crippen LogP contribution in [0.5, 0.6) is 5.75 Å². The predicted octanol–water partition coefficient (Wildman–Crippen LogP) is 2.06. The first-order chi connectivity index (χ1) is 9.03. The quantitative estimate of drug-likeness (QED) is 0.896. The Bertz CT molecular complexity index is 731. The van der Waals surface area contributed by atoms with Gasteiger partial charge >= 0.3 is 0 Å². The summed E-state index contributed by atoms with van der Waals surface area (Å²) in [6, 6.07) is 13.6. The maximum absolute atomic E-state index is 12.0. The van der Waals surface area contributed by atoms with E-state index in [-0.39, 0.29) is 10.6 Å². The molecule has 0 aliphatic rings.